The van der Waals surface area contributed by atoms with Crippen molar-refractivity contribution in [3.63, 3.8) is 0 Å². The lowest BCUT2D eigenvalue weighted by Crippen LogP contribution is -2.41. The molecule has 9 heteroatoms. The average molecular weight is 291 g/mol. The minimum Gasteiger partial charge on any atom is -0.350 e. The van der Waals surface area contributed by atoms with Gasteiger partial charge < -0.3 is 15.6 Å². The Morgan fingerprint density at radius 1 is 1.20 bits per heavy atom. The second-order valence-corrected chi connectivity index (χ2v) is 3.89. The zero-order valence-corrected chi connectivity index (χ0v) is 10.4. The van der Waals surface area contributed by atoms with Crippen LogP contribution in [0, 0.1) is 6.92 Å². The fraction of sp³-hybridized carbons (Fsp3) is 0.364. The van der Waals surface area contributed by atoms with Crippen LogP contribution in [-0.2, 0) is 4.79 Å². The number of nitrogens with one attached hydrogen (secondary N) is 3. The summed E-state index contributed by atoms with van der Waals surface area (Å²) in [7, 11) is 0. The Kier molecular flexibility index (Phi) is 4.89. The van der Waals surface area contributed by atoms with Gasteiger partial charge >= 0.3 is 12.1 Å². The van der Waals surface area contributed by atoms with E-state index in [4.69, 9.17) is 0 Å². The van der Waals surface area contributed by atoms with E-state index in [1.54, 1.807) is 12.2 Å². The first-order valence-corrected chi connectivity index (χ1v) is 5.55. The highest BCUT2D eigenvalue weighted by molar-refractivity contribution is 5.93. The third kappa shape index (κ3) is 4.41. The molecule has 0 unspecified atom stereocenters. The Balaban J connectivity index is 2.45. The lowest BCUT2D eigenvalue weighted by atomic mass is 10.2. The zero-order valence-electron chi connectivity index (χ0n) is 10.4. The maximum absolute atomic E-state index is 11.8. The van der Waals surface area contributed by atoms with Crippen molar-refractivity contribution in [2.24, 2.45) is 0 Å². The number of pyridine rings is 1. The minimum atomic E-state index is -4.96. The molecule has 0 atom stereocenters. The van der Waals surface area contributed by atoms with Crippen molar-refractivity contribution in [1.29, 1.82) is 0 Å². The number of aromatic amines is 1. The van der Waals surface area contributed by atoms with Gasteiger partial charge in [0.1, 0.15) is 5.56 Å². The standard InChI is InChI=1S/C11H12F3N3O3/c1-6-2-3-7(9(19)17-6)8(18)15-4-5-16-10(20)11(12,13)14/h2-3H,4-5H2,1H3,(H,15,18)(H,16,20)(H,17,19). The fourth-order valence-corrected chi connectivity index (χ4v) is 1.30. The molecule has 0 bridgehead atoms. The van der Waals surface area contributed by atoms with Crippen LogP contribution in [0.1, 0.15) is 16.1 Å². The van der Waals surface area contributed by atoms with Crippen LogP contribution in [0.2, 0.25) is 0 Å². The minimum absolute atomic E-state index is 0.155. The molecular weight excluding hydrogens is 279 g/mol. The van der Waals surface area contributed by atoms with Gasteiger partial charge in [0.05, 0.1) is 0 Å². The summed E-state index contributed by atoms with van der Waals surface area (Å²) in [5, 5.41) is 3.81. The highest BCUT2D eigenvalue weighted by Crippen LogP contribution is 2.13. The number of halogens is 3. The molecule has 0 aliphatic carbocycles. The number of alkyl halides is 3. The van der Waals surface area contributed by atoms with Gasteiger partial charge in [-0.3, -0.25) is 14.4 Å². The third-order valence-electron chi connectivity index (χ3n) is 2.25. The molecule has 0 aliphatic heterocycles. The van der Waals surface area contributed by atoms with E-state index in [0.29, 0.717) is 5.69 Å². The highest BCUT2D eigenvalue weighted by Gasteiger charge is 2.38. The van der Waals surface area contributed by atoms with E-state index in [1.165, 1.54) is 12.1 Å². The first-order chi connectivity index (χ1) is 9.21. The summed E-state index contributed by atoms with van der Waals surface area (Å²) in [5.41, 5.74) is -0.177. The molecule has 0 fully saturated rings. The first-order valence-electron chi connectivity index (χ1n) is 5.55. The Morgan fingerprint density at radius 3 is 2.35 bits per heavy atom. The van der Waals surface area contributed by atoms with Gasteiger partial charge in [-0.2, -0.15) is 13.2 Å². The molecule has 0 spiro atoms. The summed E-state index contributed by atoms with van der Waals surface area (Å²) in [6, 6.07) is 2.82. The number of hydrogen-bond donors (Lipinski definition) is 3. The summed E-state index contributed by atoms with van der Waals surface area (Å²) in [6.45, 7) is 1.01. The summed E-state index contributed by atoms with van der Waals surface area (Å²) < 4.78 is 35.5. The normalized spacial score (nSPS) is 11.0. The van der Waals surface area contributed by atoms with Gasteiger partial charge in [-0.1, -0.05) is 0 Å². The first kappa shape index (κ1) is 15.7. The van der Waals surface area contributed by atoms with Crippen molar-refractivity contribution in [2.45, 2.75) is 13.1 Å². The zero-order chi connectivity index (χ0) is 15.3. The second kappa shape index (κ2) is 6.22. The van der Waals surface area contributed by atoms with Gasteiger partial charge in [-0.05, 0) is 19.1 Å². The van der Waals surface area contributed by atoms with E-state index in [1.807, 2.05) is 0 Å². The molecule has 1 aromatic rings. The lowest BCUT2D eigenvalue weighted by Gasteiger charge is -2.08. The van der Waals surface area contributed by atoms with E-state index in [-0.39, 0.29) is 12.1 Å². The van der Waals surface area contributed by atoms with E-state index < -0.39 is 30.1 Å². The van der Waals surface area contributed by atoms with Gasteiger partial charge in [0.2, 0.25) is 0 Å². The van der Waals surface area contributed by atoms with Crippen LogP contribution in [0.4, 0.5) is 13.2 Å². The molecule has 1 aromatic heterocycles. The van der Waals surface area contributed by atoms with Crippen LogP contribution >= 0.6 is 0 Å². The molecule has 0 aromatic carbocycles. The summed E-state index contributed by atoms with van der Waals surface area (Å²) in [6.07, 6.45) is -4.96. The number of aromatic nitrogens is 1. The summed E-state index contributed by atoms with van der Waals surface area (Å²) in [4.78, 5) is 35.9. The molecule has 3 N–H and O–H groups in total. The molecule has 0 radical (unpaired) electrons. The summed E-state index contributed by atoms with van der Waals surface area (Å²) >= 11 is 0. The van der Waals surface area contributed by atoms with E-state index in [9.17, 15) is 27.6 Å². The van der Waals surface area contributed by atoms with E-state index in [0.717, 1.165) is 0 Å². The predicted molar refractivity (Wildman–Crippen MR) is 63.2 cm³/mol. The Hall–Kier alpha value is -2.32. The second-order valence-electron chi connectivity index (χ2n) is 3.89. The molecular formula is C11H12F3N3O3. The Bertz CT molecular complexity index is 566. The molecule has 1 heterocycles. The molecule has 6 nitrogen and oxygen atoms in total. The number of hydrogen-bond acceptors (Lipinski definition) is 3. The van der Waals surface area contributed by atoms with Crippen LogP contribution in [0.5, 0.6) is 0 Å². The fourth-order valence-electron chi connectivity index (χ4n) is 1.30. The van der Waals surface area contributed by atoms with Crippen molar-refractivity contribution < 1.29 is 22.8 Å². The molecule has 0 aliphatic rings. The van der Waals surface area contributed by atoms with Gasteiger partial charge in [-0.15, -0.1) is 0 Å². The van der Waals surface area contributed by atoms with Crippen LogP contribution in [0.15, 0.2) is 16.9 Å². The summed E-state index contributed by atoms with van der Waals surface area (Å²) in [5.74, 6) is -2.81. The topological polar surface area (TPSA) is 91.1 Å². The molecule has 110 valence electrons. The maximum Gasteiger partial charge on any atom is 0.471 e. The molecule has 1 rings (SSSR count). The van der Waals surface area contributed by atoms with E-state index >= 15 is 0 Å². The Morgan fingerprint density at radius 2 is 1.80 bits per heavy atom. The van der Waals surface area contributed by atoms with Gasteiger partial charge in [-0.25, -0.2) is 0 Å². The largest absolute Gasteiger partial charge is 0.471 e. The highest BCUT2D eigenvalue weighted by atomic mass is 19.4. The monoisotopic (exact) mass is 291 g/mol. The predicted octanol–water partition coefficient (Wildman–Crippen LogP) is 0.0916. The van der Waals surface area contributed by atoms with Crippen molar-refractivity contribution in [3.05, 3.63) is 33.7 Å². The van der Waals surface area contributed by atoms with Crippen LogP contribution in [-0.4, -0.2) is 36.1 Å². The molecule has 0 saturated heterocycles. The van der Waals surface area contributed by atoms with Crippen LogP contribution in [0.3, 0.4) is 0 Å². The SMILES string of the molecule is Cc1ccc(C(=O)NCCNC(=O)C(F)(F)F)c(=O)[nH]1. The van der Waals surface area contributed by atoms with Crippen molar-refractivity contribution in [1.82, 2.24) is 15.6 Å². The van der Waals surface area contributed by atoms with Gasteiger partial charge in [0.15, 0.2) is 0 Å². The number of aryl methyl sites for hydroxylation is 1. The van der Waals surface area contributed by atoms with Crippen molar-refractivity contribution in [3.8, 4) is 0 Å². The molecule has 2 amide bonds. The third-order valence-corrected chi connectivity index (χ3v) is 2.25. The number of carbonyl (C=O) groups excluding carboxylic acids is 2. The number of amides is 2. The smallest absolute Gasteiger partial charge is 0.350 e. The van der Waals surface area contributed by atoms with Gasteiger partial charge in [0.25, 0.3) is 11.5 Å². The number of rotatable bonds is 4. The molecule has 20 heavy (non-hydrogen) atoms. The lowest BCUT2D eigenvalue weighted by molar-refractivity contribution is -0.173. The average Bonchev–Trinajstić information content (AvgIpc) is 2.32. The van der Waals surface area contributed by atoms with Crippen LogP contribution in [0.25, 0.3) is 0 Å². The van der Waals surface area contributed by atoms with Crippen molar-refractivity contribution >= 4 is 11.8 Å². The van der Waals surface area contributed by atoms with Gasteiger partial charge in [0, 0.05) is 18.8 Å². The quantitative estimate of drug-likeness (QED) is 0.687. The van der Waals surface area contributed by atoms with E-state index in [2.05, 4.69) is 10.3 Å². The van der Waals surface area contributed by atoms with Crippen LogP contribution < -0.4 is 16.2 Å². The molecule has 0 saturated carbocycles. The maximum atomic E-state index is 11.8. The number of carbonyl (C=O) groups is 2. The Labute approximate surface area is 111 Å². The van der Waals surface area contributed by atoms with Crippen molar-refractivity contribution in [2.75, 3.05) is 13.1 Å². The number of H-pyrrole nitrogens is 1.